The minimum Gasteiger partial charge on any atom is -0.340 e. The normalized spacial score (nSPS) is 11.3. The number of carbonyl (C=O) groups is 1. The van der Waals surface area contributed by atoms with Gasteiger partial charge in [0.05, 0.1) is 16.4 Å². The van der Waals surface area contributed by atoms with E-state index in [2.05, 4.69) is 0 Å². The first-order chi connectivity index (χ1) is 12.2. The zero-order valence-corrected chi connectivity index (χ0v) is 15.2. The van der Waals surface area contributed by atoms with Gasteiger partial charge in [-0.1, -0.05) is 36.4 Å². The first kappa shape index (κ1) is 19.5. The Morgan fingerprint density at radius 2 is 1.73 bits per heavy atom. The molecule has 0 N–H and O–H groups in total. The van der Waals surface area contributed by atoms with Crippen molar-refractivity contribution in [1.82, 2.24) is 9.21 Å². The number of non-ortho nitro benzene ring substituents is 1. The van der Waals surface area contributed by atoms with E-state index in [0.29, 0.717) is 6.54 Å². The lowest BCUT2D eigenvalue weighted by Crippen LogP contribution is -2.39. The Labute approximate surface area is 151 Å². The summed E-state index contributed by atoms with van der Waals surface area (Å²) in [5.74, 6) is -0.384. The Balaban J connectivity index is 2.10. The van der Waals surface area contributed by atoms with Crippen molar-refractivity contribution in [3.63, 3.8) is 0 Å². The molecule has 0 unspecified atom stereocenters. The van der Waals surface area contributed by atoms with E-state index in [1.807, 2.05) is 30.3 Å². The number of nitro groups is 1. The van der Waals surface area contributed by atoms with Gasteiger partial charge in [0, 0.05) is 32.8 Å². The summed E-state index contributed by atoms with van der Waals surface area (Å²) >= 11 is 0. The highest BCUT2D eigenvalue weighted by atomic mass is 32.2. The molecule has 26 heavy (non-hydrogen) atoms. The van der Waals surface area contributed by atoms with Crippen molar-refractivity contribution in [2.75, 3.05) is 20.6 Å². The Hall–Kier alpha value is -2.78. The van der Waals surface area contributed by atoms with E-state index >= 15 is 0 Å². The number of sulfonamides is 1. The van der Waals surface area contributed by atoms with Crippen molar-refractivity contribution in [2.24, 2.45) is 0 Å². The molecular weight excluding hydrogens is 358 g/mol. The maximum Gasteiger partial charge on any atom is 0.270 e. The lowest BCUT2D eigenvalue weighted by atomic mass is 10.2. The van der Waals surface area contributed by atoms with Gasteiger partial charge in [0.1, 0.15) is 0 Å². The standard InChI is InChI=1S/C17H19N3O5S/c1-18(12-14-7-4-3-5-8-14)17(21)13-19(2)26(24,25)16-10-6-9-15(11-16)20(22)23/h3-11H,12-13H2,1-2H3. The predicted octanol–water partition coefficient (Wildman–Crippen LogP) is 1.87. The molecule has 0 fully saturated rings. The zero-order chi connectivity index (χ0) is 19.3. The number of nitro benzene ring substituents is 1. The monoisotopic (exact) mass is 377 g/mol. The molecule has 0 radical (unpaired) electrons. The molecule has 9 heteroatoms. The van der Waals surface area contributed by atoms with E-state index < -0.39 is 14.9 Å². The van der Waals surface area contributed by atoms with Gasteiger partial charge in [0.2, 0.25) is 15.9 Å². The van der Waals surface area contributed by atoms with E-state index in [1.54, 1.807) is 7.05 Å². The molecule has 0 aliphatic carbocycles. The van der Waals surface area contributed by atoms with Crippen molar-refractivity contribution in [1.29, 1.82) is 0 Å². The number of rotatable bonds is 7. The van der Waals surface area contributed by atoms with Gasteiger partial charge in [-0.25, -0.2) is 8.42 Å². The fourth-order valence-electron chi connectivity index (χ4n) is 2.28. The molecule has 0 aromatic heterocycles. The first-order valence-corrected chi connectivity index (χ1v) is 9.14. The second kappa shape index (κ2) is 8.07. The fraction of sp³-hybridized carbons (Fsp3) is 0.235. The predicted molar refractivity (Wildman–Crippen MR) is 95.8 cm³/mol. The highest BCUT2D eigenvalue weighted by Gasteiger charge is 2.25. The van der Waals surface area contributed by atoms with Crippen LogP contribution in [0.2, 0.25) is 0 Å². The fourth-order valence-corrected chi connectivity index (χ4v) is 3.44. The van der Waals surface area contributed by atoms with Crippen LogP contribution in [0.5, 0.6) is 0 Å². The van der Waals surface area contributed by atoms with Gasteiger partial charge < -0.3 is 4.90 Å². The number of benzene rings is 2. The van der Waals surface area contributed by atoms with Gasteiger partial charge in [-0.3, -0.25) is 14.9 Å². The Morgan fingerprint density at radius 1 is 1.08 bits per heavy atom. The maximum atomic E-state index is 12.6. The molecule has 0 bridgehead atoms. The van der Waals surface area contributed by atoms with Crippen molar-refractivity contribution in [3.05, 3.63) is 70.3 Å². The maximum absolute atomic E-state index is 12.6. The van der Waals surface area contributed by atoms with Gasteiger partial charge in [-0.05, 0) is 11.6 Å². The number of hydrogen-bond acceptors (Lipinski definition) is 5. The van der Waals surface area contributed by atoms with Gasteiger partial charge >= 0.3 is 0 Å². The third kappa shape index (κ3) is 4.64. The lowest BCUT2D eigenvalue weighted by molar-refractivity contribution is -0.385. The van der Waals surface area contributed by atoms with Crippen LogP contribution in [0.1, 0.15) is 5.56 Å². The van der Waals surface area contributed by atoms with Crippen LogP contribution in [-0.2, 0) is 21.4 Å². The summed E-state index contributed by atoms with van der Waals surface area (Å²) in [7, 11) is -1.16. The van der Waals surface area contributed by atoms with Crippen LogP contribution >= 0.6 is 0 Å². The Morgan fingerprint density at radius 3 is 2.35 bits per heavy atom. The molecule has 0 aliphatic heterocycles. The SMILES string of the molecule is CN(Cc1ccccc1)C(=O)CN(C)S(=O)(=O)c1cccc([N+](=O)[O-])c1. The van der Waals surface area contributed by atoms with Crippen LogP contribution in [0.15, 0.2) is 59.5 Å². The lowest BCUT2D eigenvalue weighted by Gasteiger charge is -2.22. The topological polar surface area (TPSA) is 101 Å². The summed E-state index contributed by atoms with van der Waals surface area (Å²) in [6.45, 7) is -0.0152. The average molecular weight is 377 g/mol. The second-order valence-corrected chi connectivity index (χ2v) is 7.80. The van der Waals surface area contributed by atoms with Gasteiger partial charge in [-0.2, -0.15) is 4.31 Å². The molecule has 1 amide bonds. The summed E-state index contributed by atoms with van der Waals surface area (Å²) in [5.41, 5.74) is 0.597. The highest BCUT2D eigenvalue weighted by molar-refractivity contribution is 7.89. The summed E-state index contributed by atoms with van der Waals surface area (Å²) in [6, 6.07) is 14.0. The summed E-state index contributed by atoms with van der Waals surface area (Å²) in [4.78, 5) is 23.7. The van der Waals surface area contributed by atoms with Crippen molar-refractivity contribution >= 4 is 21.6 Å². The third-order valence-electron chi connectivity index (χ3n) is 3.78. The van der Waals surface area contributed by atoms with E-state index in [0.717, 1.165) is 15.9 Å². The molecule has 0 spiro atoms. The molecule has 0 saturated heterocycles. The summed E-state index contributed by atoms with van der Waals surface area (Å²) in [5, 5.41) is 10.8. The van der Waals surface area contributed by atoms with Crippen molar-refractivity contribution in [2.45, 2.75) is 11.4 Å². The number of carbonyl (C=O) groups excluding carboxylic acids is 1. The highest BCUT2D eigenvalue weighted by Crippen LogP contribution is 2.20. The molecule has 8 nitrogen and oxygen atoms in total. The van der Waals surface area contributed by atoms with Gasteiger partial charge in [0.15, 0.2) is 0 Å². The number of hydrogen-bond donors (Lipinski definition) is 0. The van der Waals surface area contributed by atoms with Crippen LogP contribution in [0.4, 0.5) is 5.69 Å². The van der Waals surface area contributed by atoms with Gasteiger partial charge in [0.25, 0.3) is 5.69 Å². The van der Waals surface area contributed by atoms with Crippen LogP contribution in [-0.4, -0.2) is 49.1 Å². The van der Waals surface area contributed by atoms with Crippen molar-refractivity contribution in [3.8, 4) is 0 Å². The minimum atomic E-state index is -4.02. The first-order valence-electron chi connectivity index (χ1n) is 7.70. The minimum absolute atomic E-state index is 0.229. The van der Waals surface area contributed by atoms with Crippen LogP contribution in [0.3, 0.4) is 0 Å². The largest absolute Gasteiger partial charge is 0.340 e. The molecule has 0 aliphatic rings. The van der Waals surface area contributed by atoms with Crippen molar-refractivity contribution < 1.29 is 18.1 Å². The summed E-state index contributed by atoms with van der Waals surface area (Å²) < 4.78 is 26.0. The van der Waals surface area contributed by atoms with E-state index in [9.17, 15) is 23.3 Å². The van der Waals surface area contributed by atoms with E-state index in [1.165, 1.54) is 30.1 Å². The molecule has 2 rings (SSSR count). The Bertz CT molecular complexity index is 900. The molecule has 2 aromatic rings. The second-order valence-electron chi connectivity index (χ2n) is 5.75. The number of nitrogens with zero attached hydrogens (tertiary/aromatic N) is 3. The van der Waals surface area contributed by atoms with E-state index in [4.69, 9.17) is 0 Å². The molecule has 2 aromatic carbocycles. The summed E-state index contributed by atoms with van der Waals surface area (Å²) in [6.07, 6.45) is 0. The van der Waals surface area contributed by atoms with Crippen LogP contribution in [0.25, 0.3) is 0 Å². The van der Waals surface area contributed by atoms with E-state index in [-0.39, 0.29) is 23.0 Å². The third-order valence-corrected chi connectivity index (χ3v) is 5.58. The number of amides is 1. The molecule has 0 heterocycles. The number of likely N-dealkylation sites (N-methyl/N-ethyl adjacent to an activating group) is 2. The quantitative estimate of drug-likeness (QED) is 0.542. The molecule has 138 valence electrons. The zero-order valence-electron chi connectivity index (χ0n) is 14.4. The van der Waals surface area contributed by atoms with Crippen LogP contribution < -0.4 is 0 Å². The van der Waals surface area contributed by atoms with Crippen LogP contribution in [0, 0.1) is 10.1 Å². The molecular formula is C17H19N3O5S. The Kier molecular flexibility index (Phi) is 6.06. The molecule has 0 saturated carbocycles. The van der Waals surface area contributed by atoms with Gasteiger partial charge in [-0.15, -0.1) is 0 Å². The molecule has 0 atom stereocenters. The smallest absolute Gasteiger partial charge is 0.270 e. The average Bonchev–Trinajstić information content (AvgIpc) is 2.62.